The second-order valence-electron chi connectivity index (χ2n) is 14.0. The molecule has 0 saturated heterocycles. The number of fused-ring (bicyclic) bond motifs is 1. The van der Waals surface area contributed by atoms with Crippen LogP contribution < -0.4 is 16.0 Å². The fraction of sp³-hybridized carbons (Fsp3) is 0.256. The van der Waals surface area contributed by atoms with Gasteiger partial charge in [0.15, 0.2) is 0 Å². The SMILES string of the molecule is CCOC(=O)c1c(NC(=O)C(Sc2cccc(NC(=O)/C(=C/c3ccsc3)NC(=O)c3ccccc3)c2)c2ccccc2)sc2c1CCC(C(C)(C)C)C2. The first-order valence-electron chi connectivity index (χ1n) is 17.9. The molecule has 1 aliphatic rings. The molecule has 8 nitrogen and oxygen atoms in total. The summed E-state index contributed by atoms with van der Waals surface area (Å²) in [6.07, 6.45) is 4.21. The fourth-order valence-electron chi connectivity index (χ4n) is 6.36. The van der Waals surface area contributed by atoms with E-state index in [1.807, 2.05) is 59.3 Å². The Kier molecular flexibility index (Phi) is 12.5. The molecular weight excluding hydrogens is 735 g/mol. The molecule has 0 spiro atoms. The number of thiophene rings is 2. The van der Waals surface area contributed by atoms with Gasteiger partial charge in [-0.1, -0.05) is 75.4 Å². The van der Waals surface area contributed by atoms with E-state index in [-0.39, 0.29) is 23.6 Å². The van der Waals surface area contributed by atoms with Crippen molar-refractivity contribution in [3.63, 3.8) is 0 Å². The Morgan fingerprint density at radius 3 is 2.37 bits per heavy atom. The van der Waals surface area contributed by atoms with Gasteiger partial charge in [-0.3, -0.25) is 14.4 Å². The number of nitrogens with one attached hydrogen (secondary N) is 3. The van der Waals surface area contributed by atoms with Crippen molar-refractivity contribution in [1.82, 2.24) is 5.32 Å². The summed E-state index contributed by atoms with van der Waals surface area (Å²) >= 11 is 4.30. The minimum absolute atomic E-state index is 0.0896. The Labute approximate surface area is 328 Å². The van der Waals surface area contributed by atoms with Gasteiger partial charge < -0.3 is 20.7 Å². The quantitative estimate of drug-likeness (QED) is 0.0661. The standard InChI is InChI=1S/C43H43N3O5S3/c1-5-51-42(50)36-33-20-19-30(43(2,3)4)24-35(33)54-41(36)46-40(49)37(28-13-8-6-9-14-28)53-32-18-12-17-31(25-32)44-39(48)34(23-27-21-22-52-26-27)45-38(47)29-15-10-7-11-16-29/h6-18,21-23,25-26,30,37H,5,19-20,24H2,1-4H3,(H,44,48)(H,45,47)(H,46,49)/b34-23-. The molecule has 0 fully saturated rings. The van der Waals surface area contributed by atoms with Crippen LogP contribution in [0.1, 0.15) is 81.6 Å². The summed E-state index contributed by atoms with van der Waals surface area (Å²) in [5.74, 6) is -1.13. The zero-order valence-corrected chi connectivity index (χ0v) is 33.1. The van der Waals surface area contributed by atoms with Gasteiger partial charge in [0.2, 0.25) is 5.91 Å². The predicted molar refractivity (Wildman–Crippen MR) is 220 cm³/mol. The molecule has 0 saturated carbocycles. The Morgan fingerprint density at radius 1 is 0.944 bits per heavy atom. The summed E-state index contributed by atoms with van der Waals surface area (Å²) in [5, 5.41) is 12.4. The van der Waals surface area contributed by atoms with Crippen molar-refractivity contribution >= 4 is 74.9 Å². The van der Waals surface area contributed by atoms with Crippen LogP contribution in [0.4, 0.5) is 10.7 Å². The van der Waals surface area contributed by atoms with Crippen molar-refractivity contribution in [1.29, 1.82) is 0 Å². The van der Waals surface area contributed by atoms with Crippen LogP contribution >= 0.6 is 34.4 Å². The zero-order chi connectivity index (χ0) is 38.2. The Hall–Kier alpha value is -4.97. The van der Waals surface area contributed by atoms with E-state index in [1.165, 1.54) is 34.4 Å². The third kappa shape index (κ3) is 9.57. The summed E-state index contributed by atoms with van der Waals surface area (Å²) in [7, 11) is 0. The first-order valence-corrected chi connectivity index (χ1v) is 20.5. The lowest BCUT2D eigenvalue weighted by Crippen LogP contribution is -2.30. The highest BCUT2D eigenvalue weighted by Crippen LogP contribution is 2.45. The average molecular weight is 778 g/mol. The highest BCUT2D eigenvalue weighted by Gasteiger charge is 2.35. The van der Waals surface area contributed by atoms with E-state index in [4.69, 9.17) is 4.74 Å². The monoisotopic (exact) mass is 777 g/mol. The second kappa shape index (κ2) is 17.4. The van der Waals surface area contributed by atoms with E-state index >= 15 is 0 Å². The third-order valence-electron chi connectivity index (χ3n) is 9.28. The maximum Gasteiger partial charge on any atom is 0.341 e. The van der Waals surface area contributed by atoms with Crippen LogP contribution in [0, 0.1) is 11.3 Å². The molecule has 0 aliphatic heterocycles. The number of carbonyl (C=O) groups excluding carboxylic acids is 4. The third-order valence-corrected chi connectivity index (χ3v) is 12.4. The molecule has 11 heteroatoms. The summed E-state index contributed by atoms with van der Waals surface area (Å²) in [4.78, 5) is 56.2. The van der Waals surface area contributed by atoms with Crippen molar-refractivity contribution in [2.24, 2.45) is 11.3 Å². The molecule has 2 aromatic heterocycles. The zero-order valence-electron chi connectivity index (χ0n) is 30.6. The molecule has 2 atom stereocenters. The van der Waals surface area contributed by atoms with Gasteiger partial charge in [0.05, 0.1) is 12.2 Å². The van der Waals surface area contributed by atoms with E-state index in [0.29, 0.717) is 27.7 Å². The molecule has 0 radical (unpaired) electrons. The molecule has 3 aromatic carbocycles. The normalized spacial score (nSPS) is 14.7. The van der Waals surface area contributed by atoms with Crippen LogP contribution in [0.3, 0.4) is 0 Å². The molecule has 6 rings (SSSR count). The van der Waals surface area contributed by atoms with Gasteiger partial charge >= 0.3 is 5.97 Å². The van der Waals surface area contributed by atoms with Gasteiger partial charge in [0.1, 0.15) is 15.9 Å². The summed E-state index contributed by atoms with van der Waals surface area (Å²) in [6, 6.07) is 27.3. The van der Waals surface area contributed by atoms with Crippen LogP contribution in [-0.2, 0) is 27.2 Å². The summed E-state index contributed by atoms with van der Waals surface area (Å²) in [5.41, 5.74) is 4.14. The number of anilines is 2. The number of ether oxygens (including phenoxy) is 1. The molecule has 1 aliphatic carbocycles. The van der Waals surface area contributed by atoms with Gasteiger partial charge in [-0.2, -0.15) is 11.3 Å². The lowest BCUT2D eigenvalue weighted by Gasteiger charge is -2.33. The number of esters is 1. The Morgan fingerprint density at radius 2 is 1.69 bits per heavy atom. The van der Waals surface area contributed by atoms with Gasteiger partial charge in [0, 0.05) is 21.0 Å². The first-order chi connectivity index (χ1) is 26.0. The van der Waals surface area contributed by atoms with E-state index in [1.54, 1.807) is 55.5 Å². The largest absolute Gasteiger partial charge is 0.462 e. The number of hydrogen-bond donors (Lipinski definition) is 3. The number of benzene rings is 3. The fourth-order valence-corrected chi connectivity index (χ4v) is 9.38. The molecule has 5 aromatic rings. The molecule has 2 unspecified atom stereocenters. The second-order valence-corrected chi connectivity index (χ2v) is 17.1. The summed E-state index contributed by atoms with van der Waals surface area (Å²) in [6.45, 7) is 8.76. The number of rotatable bonds is 12. The molecule has 54 heavy (non-hydrogen) atoms. The van der Waals surface area contributed by atoms with Crippen molar-refractivity contribution in [2.45, 2.75) is 57.1 Å². The van der Waals surface area contributed by atoms with Gasteiger partial charge in [-0.05, 0) is 107 Å². The van der Waals surface area contributed by atoms with Crippen molar-refractivity contribution in [3.05, 3.63) is 140 Å². The number of amides is 3. The lowest BCUT2D eigenvalue weighted by molar-refractivity contribution is -0.116. The van der Waals surface area contributed by atoms with Crippen LogP contribution in [0.5, 0.6) is 0 Å². The van der Waals surface area contributed by atoms with Crippen LogP contribution in [0.25, 0.3) is 6.08 Å². The predicted octanol–water partition coefficient (Wildman–Crippen LogP) is 10.0. The van der Waals surface area contributed by atoms with Gasteiger partial charge in [-0.25, -0.2) is 4.79 Å². The molecule has 3 amide bonds. The van der Waals surface area contributed by atoms with Gasteiger partial charge in [0.25, 0.3) is 11.8 Å². The molecular formula is C43H43N3O5S3. The van der Waals surface area contributed by atoms with Crippen molar-refractivity contribution in [2.75, 3.05) is 17.2 Å². The molecule has 2 heterocycles. The minimum atomic E-state index is -0.687. The van der Waals surface area contributed by atoms with E-state index < -0.39 is 23.0 Å². The maximum absolute atomic E-state index is 14.3. The van der Waals surface area contributed by atoms with Crippen LogP contribution in [-0.4, -0.2) is 30.3 Å². The topological polar surface area (TPSA) is 114 Å². The number of hydrogen-bond acceptors (Lipinski definition) is 8. The molecule has 278 valence electrons. The molecule has 0 bridgehead atoms. The first kappa shape index (κ1) is 38.7. The molecule has 3 N–H and O–H groups in total. The number of carbonyl (C=O) groups is 4. The van der Waals surface area contributed by atoms with Crippen LogP contribution in [0.15, 0.2) is 112 Å². The van der Waals surface area contributed by atoms with Gasteiger partial charge in [-0.15, -0.1) is 23.1 Å². The van der Waals surface area contributed by atoms with E-state index in [2.05, 4.69) is 36.7 Å². The minimum Gasteiger partial charge on any atom is -0.462 e. The van der Waals surface area contributed by atoms with E-state index in [0.717, 1.165) is 45.7 Å². The summed E-state index contributed by atoms with van der Waals surface area (Å²) < 4.78 is 5.49. The van der Waals surface area contributed by atoms with Crippen molar-refractivity contribution in [3.8, 4) is 0 Å². The number of thioether (sulfide) groups is 1. The highest BCUT2D eigenvalue weighted by atomic mass is 32.2. The van der Waals surface area contributed by atoms with E-state index in [9.17, 15) is 19.2 Å². The maximum atomic E-state index is 14.3. The smallest absolute Gasteiger partial charge is 0.341 e. The Bertz CT molecular complexity index is 2140. The lowest BCUT2D eigenvalue weighted by atomic mass is 9.72. The average Bonchev–Trinajstić information content (AvgIpc) is 3.81. The highest BCUT2D eigenvalue weighted by molar-refractivity contribution is 8.00. The van der Waals surface area contributed by atoms with Crippen molar-refractivity contribution < 1.29 is 23.9 Å². The van der Waals surface area contributed by atoms with Crippen LogP contribution in [0.2, 0.25) is 0 Å². The Balaban J connectivity index is 1.24.